The number of aryl methyl sites for hydroxylation is 1. The normalized spacial score (nSPS) is 10.9. The molecule has 1 aromatic carbocycles. The van der Waals surface area contributed by atoms with Crippen molar-refractivity contribution in [1.82, 2.24) is 14.6 Å². The molecule has 3 N–H and O–H groups in total. The van der Waals surface area contributed by atoms with Crippen molar-refractivity contribution in [2.45, 2.75) is 6.92 Å². The molecule has 100 valence electrons. The Labute approximate surface area is 114 Å². The fourth-order valence-corrected chi connectivity index (χ4v) is 2.01. The van der Waals surface area contributed by atoms with Gasteiger partial charge in [0.15, 0.2) is 11.5 Å². The van der Waals surface area contributed by atoms with E-state index in [0.717, 1.165) is 5.69 Å². The molecular formula is C14H12FN5. The molecule has 2 aromatic heterocycles. The molecule has 3 rings (SSSR count). The maximum absolute atomic E-state index is 13.0. The van der Waals surface area contributed by atoms with Crippen LogP contribution < -0.4 is 5.73 Å². The van der Waals surface area contributed by atoms with E-state index in [4.69, 9.17) is 11.1 Å². The maximum Gasteiger partial charge on any atom is 0.182 e. The Morgan fingerprint density at radius 3 is 2.55 bits per heavy atom. The molecule has 0 atom stereocenters. The number of hydrogen-bond acceptors (Lipinski definition) is 3. The maximum atomic E-state index is 13.0. The molecule has 3 aromatic rings. The molecule has 0 aliphatic heterocycles. The van der Waals surface area contributed by atoms with Gasteiger partial charge >= 0.3 is 0 Å². The number of halogens is 1. The van der Waals surface area contributed by atoms with Crippen molar-refractivity contribution in [3.63, 3.8) is 0 Å². The molecule has 0 amide bonds. The fourth-order valence-electron chi connectivity index (χ4n) is 2.01. The van der Waals surface area contributed by atoms with Crippen molar-refractivity contribution in [1.29, 1.82) is 5.41 Å². The minimum Gasteiger partial charge on any atom is -0.384 e. The van der Waals surface area contributed by atoms with E-state index in [1.54, 1.807) is 22.7 Å². The summed E-state index contributed by atoms with van der Waals surface area (Å²) in [7, 11) is 0. The first-order chi connectivity index (χ1) is 9.56. The van der Waals surface area contributed by atoms with Crippen LogP contribution in [0.25, 0.3) is 17.0 Å². The number of pyridine rings is 1. The largest absolute Gasteiger partial charge is 0.384 e. The van der Waals surface area contributed by atoms with Crippen LogP contribution in [0.15, 0.2) is 36.4 Å². The molecule has 0 saturated heterocycles. The van der Waals surface area contributed by atoms with Crippen LogP contribution in [-0.4, -0.2) is 20.4 Å². The van der Waals surface area contributed by atoms with E-state index >= 15 is 0 Å². The smallest absolute Gasteiger partial charge is 0.182 e. The predicted molar refractivity (Wildman–Crippen MR) is 74.1 cm³/mol. The van der Waals surface area contributed by atoms with E-state index in [9.17, 15) is 4.39 Å². The number of nitrogens with zero attached hydrogens (tertiary/aromatic N) is 3. The fraction of sp³-hybridized carbons (Fsp3) is 0.0714. The molecule has 0 saturated carbocycles. The van der Waals surface area contributed by atoms with Crippen molar-refractivity contribution in [3.05, 3.63) is 53.5 Å². The van der Waals surface area contributed by atoms with Crippen LogP contribution >= 0.6 is 0 Å². The second-order valence-electron chi connectivity index (χ2n) is 4.48. The Morgan fingerprint density at radius 1 is 1.20 bits per heavy atom. The first-order valence-corrected chi connectivity index (χ1v) is 6.03. The van der Waals surface area contributed by atoms with Gasteiger partial charge in [0, 0.05) is 11.3 Å². The average molecular weight is 269 g/mol. The number of nitrogen functional groups attached to an aromatic ring is 1. The molecule has 0 radical (unpaired) electrons. The molecule has 6 heteroatoms. The van der Waals surface area contributed by atoms with Gasteiger partial charge in [-0.05, 0) is 43.3 Å². The highest BCUT2D eigenvalue weighted by atomic mass is 19.1. The SMILES string of the molecule is Cc1ccc(C(=N)N)c2nc(-c3ccc(F)cc3)nn12. The Balaban J connectivity index is 2.24. The Kier molecular flexibility index (Phi) is 2.71. The summed E-state index contributed by atoms with van der Waals surface area (Å²) in [6.07, 6.45) is 0. The van der Waals surface area contributed by atoms with Crippen molar-refractivity contribution in [2.75, 3.05) is 0 Å². The molecule has 0 bridgehead atoms. The minimum absolute atomic E-state index is 0.0620. The third kappa shape index (κ3) is 1.91. The van der Waals surface area contributed by atoms with Gasteiger partial charge in [-0.25, -0.2) is 13.9 Å². The zero-order chi connectivity index (χ0) is 14.3. The summed E-state index contributed by atoms with van der Waals surface area (Å²) in [5.74, 6) is 0.105. The second kappa shape index (κ2) is 4.41. The summed E-state index contributed by atoms with van der Waals surface area (Å²) in [4.78, 5) is 4.40. The first kappa shape index (κ1) is 12.3. The van der Waals surface area contributed by atoms with E-state index in [0.29, 0.717) is 22.6 Å². The zero-order valence-electron chi connectivity index (χ0n) is 10.8. The molecule has 0 fully saturated rings. The van der Waals surface area contributed by atoms with Crippen LogP contribution in [0.1, 0.15) is 11.3 Å². The third-order valence-electron chi connectivity index (χ3n) is 3.07. The lowest BCUT2D eigenvalue weighted by atomic mass is 10.2. The summed E-state index contributed by atoms with van der Waals surface area (Å²) < 4.78 is 14.6. The standard InChI is InChI=1S/C14H12FN5/c1-8-2-7-11(12(16)17)14-18-13(19-20(8)14)9-3-5-10(15)6-4-9/h2-7H,1H3,(H3,16,17). The third-order valence-corrected chi connectivity index (χ3v) is 3.07. The second-order valence-corrected chi connectivity index (χ2v) is 4.48. The van der Waals surface area contributed by atoms with E-state index in [1.165, 1.54) is 12.1 Å². The van der Waals surface area contributed by atoms with Gasteiger partial charge in [-0.2, -0.15) is 0 Å². The molecular weight excluding hydrogens is 257 g/mol. The number of fused-ring (bicyclic) bond motifs is 1. The van der Waals surface area contributed by atoms with Gasteiger partial charge in [0.05, 0.1) is 5.56 Å². The van der Waals surface area contributed by atoms with Crippen LogP contribution in [0.5, 0.6) is 0 Å². The lowest BCUT2D eigenvalue weighted by Gasteiger charge is -2.02. The lowest BCUT2D eigenvalue weighted by Crippen LogP contribution is -2.13. The van der Waals surface area contributed by atoms with Crippen LogP contribution in [0, 0.1) is 18.2 Å². The van der Waals surface area contributed by atoms with E-state index in [-0.39, 0.29) is 11.7 Å². The van der Waals surface area contributed by atoms with E-state index in [2.05, 4.69) is 10.1 Å². The van der Waals surface area contributed by atoms with E-state index in [1.807, 2.05) is 13.0 Å². The van der Waals surface area contributed by atoms with Gasteiger partial charge in [-0.3, -0.25) is 5.41 Å². The minimum atomic E-state index is -0.307. The van der Waals surface area contributed by atoms with Crippen molar-refractivity contribution >= 4 is 11.5 Å². The molecule has 0 aliphatic carbocycles. The monoisotopic (exact) mass is 269 g/mol. The zero-order valence-corrected chi connectivity index (χ0v) is 10.8. The van der Waals surface area contributed by atoms with Gasteiger partial charge in [0.2, 0.25) is 0 Å². The van der Waals surface area contributed by atoms with Gasteiger partial charge in [-0.1, -0.05) is 0 Å². The van der Waals surface area contributed by atoms with Gasteiger partial charge < -0.3 is 5.73 Å². The van der Waals surface area contributed by atoms with Gasteiger partial charge in [0.1, 0.15) is 11.7 Å². The Bertz CT molecular complexity index is 804. The highest BCUT2D eigenvalue weighted by molar-refractivity contribution is 6.00. The predicted octanol–water partition coefficient (Wildman–Crippen LogP) is 2.13. The van der Waals surface area contributed by atoms with Crippen molar-refractivity contribution in [3.8, 4) is 11.4 Å². The summed E-state index contributed by atoms with van der Waals surface area (Å²) >= 11 is 0. The quantitative estimate of drug-likeness (QED) is 0.552. The van der Waals surface area contributed by atoms with Crippen LogP contribution in [0.3, 0.4) is 0 Å². The van der Waals surface area contributed by atoms with E-state index < -0.39 is 0 Å². The molecule has 5 nitrogen and oxygen atoms in total. The summed E-state index contributed by atoms with van der Waals surface area (Å²) in [5.41, 5.74) is 8.19. The topological polar surface area (TPSA) is 80.1 Å². The number of rotatable bonds is 2. The first-order valence-electron chi connectivity index (χ1n) is 6.03. The highest BCUT2D eigenvalue weighted by Crippen LogP contribution is 2.19. The number of hydrogen-bond donors (Lipinski definition) is 2. The molecule has 20 heavy (non-hydrogen) atoms. The lowest BCUT2D eigenvalue weighted by molar-refractivity contribution is 0.628. The molecule has 0 aliphatic rings. The van der Waals surface area contributed by atoms with Gasteiger partial charge in [-0.15, -0.1) is 5.10 Å². The number of nitrogens with one attached hydrogen (secondary N) is 1. The number of nitrogens with two attached hydrogens (primary N) is 1. The molecule has 0 unspecified atom stereocenters. The summed E-state index contributed by atoms with van der Waals surface area (Å²) in [6.45, 7) is 1.89. The van der Waals surface area contributed by atoms with Crippen LogP contribution in [-0.2, 0) is 0 Å². The molecule has 2 heterocycles. The number of benzene rings is 1. The Hall–Kier alpha value is -2.76. The van der Waals surface area contributed by atoms with Crippen molar-refractivity contribution < 1.29 is 4.39 Å². The van der Waals surface area contributed by atoms with Gasteiger partial charge in [0.25, 0.3) is 0 Å². The van der Waals surface area contributed by atoms with Crippen LogP contribution in [0.4, 0.5) is 4.39 Å². The Morgan fingerprint density at radius 2 is 1.90 bits per heavy atom. The summed E-state index contributed by atoms with van der Waals surface area (Å²) in [6, 6.07) is 9.53. The van der Waals surface area contributed by atoms with Crippen LogP contribution in [0.2, 0.25) is 0 Å². The number of aromatic nitrogens is 3. The van der Waals surface area contributed by atoms with Crippen molar-refractivity contribution in [2.24, 2.45) is 5.73 Å². The number of amidine groups is 1. The molecule has 0 spiro atoms. The summed E-state index contributed by atoms with van der Waals surface area (Å²) in [5, 5.41) is 12.0. The highest BCUT2D eigenvalue weighted by Gasteiger charge is 2.13. The average Bonchev–Trinajstić information content (AvgIpc) is 2.85.